The van der Waals surface area contributed by atoms with Gasteiger partial charge in [0.25, 0.3) is 8.38 Å². The third kappa shape index (κ3) is 3.71. The molecule has 0 aromatic heterocycles. The number of rotatable bonds is 9. The molecule has 0 saturated carbocycles. The second-order valence-electron chi connectivity index (χ2n) is 4.43. The lowest BCUT2D eigenvalue weighted by atomic mass is 9.98. The van der Waals surface area contributed by atoms with E-state index in [1.54, 1.807) is 0 Å². The molecule has 0 saturated heterocycles. The van der Waals surface area contributed by atoms with E-state index in [0.717, 1.165) is 13.8 Å². The number of hydrogen-bond donors (Lipinski definition) is 0. The number of hydrogen-bond acceptors (Lipinski definition) is 2. The van der Waals surface area contributed by atoms with E-state index >= 15 is 0 Å². The van der Waals surface area contributed by atoms with Crippen molar-refractivity contribution in [2.45, 2.75) is 49.4 Å². The second kappa shape index (κ2) is 7.46. The smallest absolute Gasteiger partial charge is 0.330 e. The van der Waals surface area contributed by atoms with E-state index < -0.39 is 57.1 Å². The lowest BCUT2D eigenvalue weighted by molar-refractivity contribution is -0.434. The van der Waals surface area contributed by atoms with Crippen molar-refractivity contribution in [2.75, 3.05) is 13.2 Å². The highest BCUT2D eigenvalue weighted by Crippen LogP contribution is 2.68. The van der Waals surface area contributed by atoms with Crippen molar-refractivity contribution in [3.05, 3.63) is 0 Å². The molecule has 0 aliphatic rings. The van der Waals surface area contributed by atoms with Crippen LogP contribution in [0, 0.1) is 0 Å². The zero-order valence-electron chi connectivity index (χ0n) is 12.6. The predicted molar refractivity (Wildman–Crippen MR) is 61.0 cm³/mol. The average molecular weight is 440 g/mol. The molecule has 158 valence electrons. The molecule has 0 rings (SSSR count). The summed E-state index contributed by atoms with van der Waals surface area (Å²) in [5.74, 6) is -30.9. The van der Waals surface area contributed by atoms with Gasteiger partial charge in [-0.3, -0.25) is 0 Å². The van der Waals surface area contributed by atoms with Gasteiger partial charge in [-0.05, 0) is 13.8 Å². The lowest BCUT2D eigenvalue weighted by Crippen LogP contribution is -2.69. The summed E-state index contributed by atoms with van der Waals surface area (Å²) in [5, 5.41) is 0. The van der Waals surface area contributed by atoms with Crippen LogP contribution in [0.25, 0.3) is 0 Å². The highest BCUT2D eigenvalue weighted by molar-refractivity contribution is 7.48. The summed E-state index contributed by atoms with van der Waals surface area (Å²) < 4.78 is 176. The van der Waals surface area contributed by atoms with Crippen LogP contribution in [0.15, 0.2) is 0 Å². The second-order valence-corrected chi connectivity index (χ2v) is 6.02. The first kappa shape index (κ1) is 25.4. The Balaban J connectivity index is 6.30. The molecular formula is C10H10F13O2P. The minimum atomic E-state index is -7.93. The SMILES string of the molecule is CCOP(OCC)C(F)(F)C(F)(F)C(F)(F)C(F)(F)C(F)(F)C(F)(F)F. The first-order valence-corrected chi connectivity index (χ1v) is 7.46. The molecule has 0 aliphatic carbocycles. The van der Waals surface area contributed by atoms with Crippen LogP contribution in [0.1, 0.15) is 13.8 Å². The van der Waals surface area contributed by atoms with Crippen LogP contribution in [0.3, 0.4) is 0 Å². The van der Waals surface area contributed by atoms with Gasteiger partial charge in [-0.15, -0.1) is 0 Å². The molecule has 0 aliphatic heterocycles. The Bertz CT molecular complexity index is 470. The van der Waals surface area contributed by atoms with Gasteiger partial charge in [0.1, 0.15) is 0 Å². The largest absolute Gasteiger partial charge is 0.460 e. The quantitative estimate of drug-likeness (QED) is 0.320. The minimum Gasteiger partial charge on any atom is -0.330 e. The third-order valence-electron chi connectivity index (χ3n) is 2.64. The molecule has 0 bridgehead atoms. The van der Waals surface area contributed by atoms with Crippen molar-refractivity contribution < 1.29 is 66.1 Å². The van der Waals surface area contributed by atoms with Crippen LogP contribution in [-0.2, 0) is 9.05 Å². The van der Waals surface area contributed by atoms with Gasteiger partial charge in [-0.2, -0.15) is 57.1 Å². The highest BCUT2D eigenvalue weighted by atomic mass is 31.2. The van der Waals surface area contributed by atoms with Crippen molar-refractivity contribution in [2.24, 2.45) is 0 Å². The molecule has 0 heterocycles. The summed E-state index contributed by atoms with van der Waals surface area (Å²) in [6, 6.07) is 0. The Hall–Kier alpha value is -0.560. The van der Waals surface area contributed by atoms with E-state index in [9.17, 15) is 57.1 Å². The maximum absolute atomic E-state index is 13.6. The average Bonchev–Trinajstić information content (AvgIpc) is 2.44. The van der Waals surface area contributed by atoms with Crippen LogP contribution >= 0.6 is 8.38 Å². The topological polar surface area (TPSA) is 18.5 Å². The molecule has 0 N–H and O–H groups in total. The molecule has 26 heavy (non-hydrogen) atoms. The van der Waals surface area contributed by atoms with Crippen molar-refractivity contribution in [1.82, 2.24) is 0 Å². The zero-order valence-corrected chi connectivity index (χ0v) is 13.5. The first-order chi connectivity index (χ1) is 11.3. The Morgan fingerprint density at radius 3 is 1.12 bits per heavy atom. The molecule has 16 heteroatoms. The summed E-state index contributed by atoms with van der Waals surface area (Å²) in [6.07, 6.45) is -7.43. The molecule has 0 unspecified atom stereocenters. The molecule has 0 aromatic carbocycles. The van der Waals surface area contributed by atoms with E-state index in [2.05, 4.69) is 9.05 Å². The van der Waals surface area contributed by atoms with Crippen molar-refractivity contribution in [3.63, 3.8) is 0 Å². The lowest BCUT2D eigenvalue weighted by Gasteiger charge is -2.40. The maximum Gasteiger partial charge on any atom is 0.460 e. The molecule has 0 atom stereocenters. The summed E-state index contributed by atoms with van der Waals surface area (Å²) >= 11 is 0. The highest BCUT2D eigenvalue weighted by Gasteiger charge is 2.91. The van der Waals surface area contributed by atoms with Gasteiger partial charge in [-0.25, -0.2) is 0 Å². The van der Waals surface area contributed by atoms with Gasteiger partial charge in [-0.1, -0.05) is 0 Å². The van der Waals surface area contributed by atoms with Crippen molar-refractivity contribution >= 4 is 8.38 Å². The molecule has 0 radical (unpaired) electrons. The van der Waals surface area contributed by atoms with E-state index in [4.69, 9.17) is 0 Å². The fourth-order valence-corrected chi connectivity index (χ4v) is 2.55. The van der Waals surface area contributed by atoms with E-state index in [0.29, 0.717) is 0 Å². The van der Waals surface area contributed by atoms with Gasteiger partial charge in [0.15, 0.2) is 0 Å². The molecule has 0 amide bonds. The third-order valence-corrected chi connectivity index (χ3v) is 4.36. The van der Waals surface area contributed by atoms with Crippen LogP contribution in [0.4, 0.5) is 57.1 Å². The molecule has 0 aromatic rings. The molecule has 2 nitrogen and oxygen atoms in total. The van der Waals surface area contributed by atoms with Gasteiger partial charge in [0.05, 0.1) is 13.2 Å². The zero-order chi connectivity index (χ0) is 21.4. The minimum absolute atomic E-state index is 0.877. The van der Waals surface area contributed by atoms with Gasteiger partial charge in [0, 0.05) is 0 Å². The fraction of sp³-hybridized carbons (Fsp3) is 1.00. The van der Waals surface area contributed by atoms with Crippen LogP contribution in [0.2, 0.25) is 0 Å². The monoisotopic (exact) mass is 440 g/mol. The Morgan fingerprint density at radius 2 is 0.846 bits per heavy atom. The first-order valence-electron chi connectivity index (χ1n) is 6.29. The van der Waals surface area contributed by atoms with Crippen LogP contribution in [0.5, 0.6) is 0 Å². The van der Waals surface area contributed by atoms with Gasteiger partial charge in [0.2, 0.25) is 0 Å². The Morgan fingerprint density at radius 1 is 0.538 bits per heavy atom. The van der Waals surface area contributed by atoms with Gasteiger partial charge < -0.3 is 9.05 Å². The van der Waals surface area contributed by atoms with Crippen molar-refractivity contribution in [3.8, 4) is 0 Å². The number of halogens is 13. The molecule has 0 spiro atoms. The predicted octanol–water partition coefficient (Wildman–Crippen LogP) is 6.07. The summed E-state index contributed by atoms with van der Waals surface area (Å²) in [7, 11) is -4.39. The normalized spacial score (nSPS) is 15.7. The Labute approximate surface area is 138 Å². The van der Waals surface area contributed by atoms with E-state index in [1.807, 2.05) is 0 Å². The summed E-state index contributed by atoms with van der Waals surface area (Å²) in [4.78, 5) is 0. The van der Waals surface area contributed by atoms with Crippen LogP contribution < -0.4 is 0 Å². The van der Waals surface area contributed by atoms with E-state index in [-0.39, 0.29) is 0 Å². The van der Waals surface area contributed by atoms with Gasteiger partial charge >= 0.3 is 35.5 Å². The fourth-order valence-electron chi connectivity index (χ4n) is 1.31. The summed E-state index contributed by atoms with van der Waals surface area (Å²) in [5.41, 5.74) is -6.34. The van der Waals surface area contributed by atoms with Crippen molar-refractivity contribution in [1.29, 1.82) is 0 Å². The van der Waals surface area contributed by atoms with E-state index in [1.165, 1.54) is 0 Å². The standard InChI is InChI=1S/C10H10F13O2P/c1-3-24-26(25-4-2)10(22,23)8(17,18)6(13,14)5(11,12)7(15,16)9(19,20)21/h3-4H2,1-2H3. The maximum atomic E-state index is 13.6. The number of alkyl halides is 13. The Kier molecular flexibility index (Phi) is 7.29. The molecule has 0 fully saturated rings. The molecular weight excluding hydrogens is 430 g/mol. The summed E-state index contributed by atoms with van der Waals surface area (Å²) in [6.45, 7) is 0.0103. The van der Waals surface area contributed by atoms with Crippen LogP contribution in [-0.4, -0.2) is 48.7 Å².